The Balaban J connectivity index is 1.95. The molecular formula is C18H18N4. The summed E-state index contributed by atoms with van der Waals surface area (Å²) in [6, 6.07) is 16.1. The molecule has 3 aromatic rings. The Morgan fingerprint density at radius 3 is 2.64 bits per heavy atom. The first kappa shape index (κ1) is 14.2. The van der Waals surface area contributed by atoms with E-state index < -0.39 is 0 Å². The van der Waals surface area contributed by atoms with Crippen molar-refractivity contribution in [2.24, 2.45) is 0 Å². The van der Waals surface area contributed by atoms with Gasteiger partial charge in [-0.3, -0.25) is 5.41 Å². The molecule has 0 bridgehead atoms. The molecule has 0 amide bonds. The number of rotatable bonds is 3. The van der Waals surface area contributed by atoms with Crippen LogP contribution in [0.25, 0.3) is 10.9 Å². The topological polar surface area (TPSA) is 61.7 Å². The van der Waals surface area contributed by atoms with Gasteiger partial charge in [-0.15, -0.1) is 0 Å². The number of hydrogen-bond acceptors (Lipinski definition) is 3. The van der Waals surface area contributed by atoms with Gasteiger partial charge in [-0.2, -0.15) is 0 Å². The largest absolute Gasteiger partial charge is 0.344 e. The van der Waals surface area contributed by atoms with Gasteiger partial charge in [0, 0.05) is 23.2 Å². The van der Waals surface area contributed by atoms with Gasteiger partial charge in [-0.1, -0.05) is 37.3 Å². The minimum absolute atomic E-state index is 0.159. The van der Waals surface area contributed by atoms with Crippen molar-refractivity contribution in [1.82, 2.24) is 9.97 Å². The predicted octanol–water partition coefficient (Wildman–Crippen LogP) is 4.19. The quantitative estimate of drug-likeness (QED) is 0.561. The minimum atomic E-state index is 0.159. The maximum Gasteiger partial charge on any atom is 0.136 e. The van der Waals surface area contributed by atoms with Gasteiger partial charge in [0.25, 0.3) is 0 Å². The normalized spacial score (nSPS) is 12.1. The monoisotopic (exact) mass is 290 g/mol. The highest BCUT2D eigenvalue weighted by Gasteiger charge is 2.11. The molecule has 4 nitrogen and oxygen atoms in total. The Bertz CT molecular complexity index is 812. The molecule has 1 heterocycles. The highest BCUT2D eigenvalue weighted by molar-refractivity contribution is 5.93. The van der Waals surface area contributed by atoms with Crippen molar-refractivity contribution < 1.29 is 0 Å². The van der Waals surface area contributed by atoms with Crippen LogP contribution in [0.3, 0.4) is 0 Å². The Kier molecular flexibility index (Phi) is 3.83. The molecule has 3 rings (SSSR count). The number of nitrogens with one attached hydrogen (secondary N) is 2. The van der Waals surface area contributed by atoms with E-state index in [0.717, 1.165) is 22.4 Å². The van der Waals surface area contributed by atoms with Crippen LogP contribution in [0.15, 0.2) is 54.7 Å². The van der Waals surface area contributed by atoms with Crippen LogP contribution in [-0.4, -0.2) is 15.8 Å². The molecule has 110 valence electrons. The van der Waals surface area contributed by atoms with E-state index in [0.29, 0.717) is 5.84 Å². The Hall–Kier alpha value is -2.75. The van der Waals surface area contributed by atoms with Crippen LogP contribution in [0, 0.1) is 5.41 Å². The summed E-state index contributed by atoms with van der Waals surface area (Å²) in [6.45, 7) is 3.83. The molecule has 0 saturated heterocycles. The lowest BCUT2D eigenvalue weighted by Gasteiger charge is -2.11. The number of nitrogens with zero attached hydrogens (tertiary/aromatic N) is 2. The van der Waals surface area contributed by atoms with Crippen molar-refractivity contribution >= 4 is 22.4 Å². The zero-order valence-corrected chi connectivity index (χ0v) is 12.7. The highest BCUT2D eigenvalue weighted by atomic mass is 14.9. The van der Waals surface area contributed by atoms with E-state index in [4.69, 9.17) is 5.41 Å². The van der Waals surface area contributed by atoms with Gasteiger partial charge >= 0.3 is 0 Å². The Labute approximate surface area is 129 Å². The van der Waals surface area contributed by atoms with Crippen molar-refractivity contribution in [2.45, 2.75) is 19.8 Å². The average molecular weight is 290 g/mol. The maximum absolute atomic E-state index is 7.48. The van der Waals surface area contributed by atoms with Gasteiger partial charge in [0.1, 0.15) is 5.82 Å². The first-order valence-corrected chi connectivity index (χ1v) is 7.27. The van der Waals surface area contributed by atoms with Crippen LogP contribution in [0.5, 0.6) is 0 Å². The summed E-state index contributed by atoms with van der Waals surface area (Å²) in [5.74, 6) is 1.39. The molecule has 1 unspecified atom stereocenters. The minimum Gasteiger partial charge on any atom is -0.344 e. The molecule has 1 aromatic heterocycles. The first-order valence-electron chi connectivity index (χ1n) is 7.27. The third-order valence-electron chi connectivity index (χ3n) is 3.62. The standard InChI is InChI=1S/C18H18N4/c1-12(14-6-4-3-5-7-14)18-20-11-15-10-16(21-13(2)19)8-9-17(15)22-18/h3-12H,1-2H3,(H2,19,21). The van der Waals surface area contributed by atoms with E-state index in [9.17, 15) is 0 Å². The molecule has 1 atom stereocenters. The molecule has 0 spiro atoms. The fourth-order valence-electron chi connectivity index (χ4n) is 2.44. The lowest BCUT2D eigenvalue weighted by molar-refractivity contribution is 0.826. The van der Waals surface area contributed by atoms with Crippen LogP contribution in [0.4, 0.5) is 5.69 Å². The van der Waals surface area contributed by atoms with E-state index in [1.807, 2.05) is 42.6 Å². The summed E-state index contributed by atoms with van der Waals surface area (Å²) in [5, 5.41) is 11.4. The summed E-state index contributed by atoms with van der Waals surface area (Å²) < 4.78 is 0. The van der Waals surface area contributed by atoms with E-state index in [2.05, 4.69) is 34.3 Å². The van der Waals surface area contributed by atoms with E-state index in [1.54, 1.807) is 6.92 Å². The van der Waals surface area contributed by atoms with E-state index in [-0.39, 0.29) is 5.92 Å². The first-order chi connectivity index (χ1) is 10.6. The second kappa shape index (κ2) is 5.93. The zero-order chi connectivity index (χ0) is 15.5. The summed E-state index contributed by atoms with van der Waals surface area (Å²) in [7, 11) is 0. The average Bonchev–Trinajstić information content (AvgIpc) is 2.54. The SMILES string of the molecule is CC(=N)Nc1ccc2nc(C(C)c3ccccc3)ncc2c1. The molecule has 0 fully saturated rings. The van der Waals surface area contributed by atoms with Crippen molar-refractivity contribution in [2.75, 3.05) is 5.32 Å². The summed E-state index contributed by atoms with van der Waals surface area (Å²) in [5.41, 5.74) is 3.01. The number of anilines is 1. The lowest BCUT2D eigenvalue weighted by Crippen LogP contribution is -2.05. The number of benzene rings is 2. The molecule has 4 heteroatoms. The Morgan fingerprint density at radius 1 is 1.14 bits per heavy atom. The molecule has 2 aromatic carbocycles. The van der Waals surface area contributed by atoms with Gasteiger partial charge in [-0.05, 0) is 30.7 Å². The van der Waals surface area contributed by atoms with Crippen LogP contribution in [-0.2, 0) is 0 Å². The van der Waals surface area contributed by atoms with Gasteiger partial charge in [-0.25, -0.2) is 9.97 Å². The predicted molar refractivity (Wildman–Crippen MR) is 90.5 cm³/mol. The number of amidine groups is 1. The molecule has 0 saturated carbocycles. The molecule has 22 heavy (non-hydrogen) atoms. The second-order valence-electron chi connectivity index (χ2n) is 5.38. The molecule has 0 aliphatic rings. The van der Waals surface area contributed by atoms with Crippen molar-refractivity contribution in [1.29, 1.82) is 5.41 Å². The molecule has 0 aliphatic heterocycles. The summed E-state index contributed by atoms with van der Waals surface area (Å²) in [4.78, 5) is 9.19. The molecule has 0 aliphatic carbocycles. The Morgan fingerprint density at radius 2 is 1.91 bits per heavy atom. The third kappa shape index (κ3) is 2.96. The third-order valence-corrected chi connectivity index (χ3v) is 3.62. The van der Waals surface area contributed by atoms with Gasteiger partial charge in [0.15, 0.2) is 0 Å². The van der Waals surface area contributed by atoms with Crippen molar-refractivity contribution in [3.63, 3.8) is 0 Å². The maximum atomic E-state index is 7.48. The van der Waals surface area contributed by atoms with Crippen LogP contribution in [0.1, 0.15) is 31.2 Å². The van der Waals surface area contributed by atoms with Gasteiger partial charge < -0.3 is 5.32 Å². The van der Waals surface area contributed by atoms with Crippen LogP contribution < -0.4 is 5.32 Å². The smallest absolute Gasteiger partial charge is 0.136 e. The molecule has 2 N–H and O–H groups in total. The molecule has 0 radical (unpaired) electrons. The van der Waals surface area contributed by atoms with Crippen LogP contribution in [0.2, 0.25) is 0 Å². The number of hydrogen-bond donors (Lipinski definition) is 2. The second-order valence-corrected chi connectivity index (χ2v) is 5.38. The molecular weight excluding hydrogens is 272 g/mol. The van der Waals surface area contributed by atoms with E-state index in [1.165, 1.54) is 5.56 Å². The fraction of sp³-hybridized carbons (Fsp3) is 0.167. The van der Waals surface area contributed by atoms with Crippen molar-refractivity contribution in [3.05, 3.63) is 66.1 Å². The zero-order valence-electron chi connectivity index (χ0n) is 12.7. The van der Waals surface area contributed by atoms with Crippen molar-refractivity contribution in [3.8, 4) is 0 Å². The van der Waals surface area contributed by atoms with E-state index >= 15 is 0 Å². The fourth-order valence-corrected chi connectivity index (χ4v) is 2.44. The summed E-state index contributed by atoms with van der Waals surface area (Å²) >= 11 is 0. The number of aromatic nitrogens is 2. The summed E-state index contributed by atoms with van der Waals surface area (Å²) in [6.07, 6.45) is 1.85. The van der Waals surface area contributed by atoms with Gasteiger partial charge in [0.05, 0.1) is 11.4 Å². The lowest BCUT2D eigenvalue weighted by atomic mass is 10.0. The number of fused-ring (bicyclic) bond motifs is 1. The van der Waals surface area contributed by atoms with Crippen LogP contribution >= 0.6 is 0 Å². The van der Waals surface area contributed by atoms with Gasteiger partial charge in [0.2, 0.25) is 0 Å². The highest BCUT2D eigenvalue weighted by Crippen LogP contribution is 2.23.